The maximum atomic E-state index is 13.5. The molecule has 2 aliphatic heterocycles. The summed E-state index contributed by atoms with van der Waals surface area (Å²) in [4.78, 5) is 15.8. The highest BCUT2D eigenvalue weighted by molar-refractivity contribution is 7.89. The van der Waals surface area contributed by atoms with Crippen molar-refractivity contribution >= 4 is 21.6 Å². The van der Waals surface area contributed by atoms with E-state index < -0.39 is 10.0 Å². The summed E-state index contributed by atoms with van der Waals surface area (Å²) in [7, 11) is -3.54. The van der Waals surface area contributed by atoms with Gasteiger partial charge in [0, 0.05) is 31.7 Å². The van der Waals surface area contributed by atoms with Crippen LogP contribution in [0.1, 0.15) is 55.1 Å². The van der Waals surface area contributed by atoms with Gasteiger partial charge < -0.3 is 4.90 Å². The summed E-state index contributed by atoms with van der Waals surface area (Å²) in [5.41, 5.74) is 3.21. The van der Waals surface area contributed by atoms with Crippen LogP contribution in [-0.2, 0) is 27.7 Å². The molecule has 0 radical (unpaired) electrons. The third-order valence-electron chi connectivity index (χ3n) is 7.68. The Balaban J connectivity index is 1.15. The summed E-state index contributed by atoms with van der Waals surface area (Å²) in [5, 5.41) is 8.65. The number of rotatable bonds is 4. The lowest BCUT2D eigenvalue weighted by Crippen LogP contribution is -2.44. The van der Waals surface area contributed by atoms with Crippen molar-refractivity contribution in [2.24, 2.45) is 5.92 Å². The van der Waals surface area contributed by atoms with E-state index in [-0.39, 0.29) is 17.9 Å². The molecule has 178 valence electrons. The van der Waals surface area contributed by atoms with E-state index in [1.54, 1.807) is 10.4 Å². The van der Waals surface area contributed by atoms with Crippen LogP contribution < -0.4 is 0 Å². The van der Waals surface area contributed by atoms with Crippen LogP contribution in [0, 0.1) is 5.92 Å². The second kappa shape index (κ2) is 8.46. The van der Waals surface area contributed by atoms with Crippen LogP contribution in [0.3, 0.4) is 0 Å². The third-order valence-corrected chi connectivity index (χ3v) is 9.58. The van der Waals surface area contributed by atoms with Crippen molar-refractivity contribution in [3.63, 3.8) is 0 Å². The number of hydrogen-bond acceptors (Lipinski definition) is 5. The molecule has 3 aromatic rings. The van der Waals surface area contributed by atoms with E-state index in [2.05, 4.69) is 10.2 Å². The summed E-state index contributed by atoms with van der Waals surface area (Å²) in [6.45, 7) is 1.46. The van der Waals surface area contributed by atoms with E-state index >= 15 is 0 Å². The lowest BCUT2D eigenvalue weighted by molar-refractivity contribution is -0.137. The van der Waals surface area contributed by atoms with Crippen LogP contribution in [0.2, 0.25) is 0 Å². The SMILES string of the molecule is O=C(C1CCN(S(=O)(=O)c2ccc3c(c2)CCC3)CC1)N1CCC[C@@H]1c1nnc2ccccn12. The highest BCUT2D eigenvalue weighted by atomic mass is 32.2. The fraction of sp³-hybridized carbons (Fsp3) is 0.480. The molecule has 0 unspecified atom stereocenters. The Kier molecular flexibility index (Phi) is 5.41. The first-order chi connectivity index (χ1) is 16.5. The minimum atomic E-state index is -3.54. The number of piperidine rings is 1. The molecular formula is C25H29N5O3S. The lowest BCUT2D eigenvalue weighted by Gasteiger charge is -2.34. The van der Waals surface area contributed by atoms with Gasteiger partial charge in [-0.25, -0.2) is 8.42 Å². The van der Waals surface area contributed by atoms with Gasteiger partial charge in [-0.3, -0.25) is 9.20 Å². The van der Waals surface area contributed by atoms with E-state index in [4.69, 9.17) is 0 Å². The molecule has 1 amide bonds. The molecule has 0 spiro atoms. The van der Waals surface area contributed by atoms with Crippen molar-refractivity contribution in [1.82, 2.24) is 23.8 Å². The second-order valence-electron chi connectivity index (χ2n) is 9.64. The van der Waals surface area contributed by atoms with Gasteiger partial charge in [0.2, 0.25) is 15.9 Å². The van der Waals surface area contributed by atoms with E-state index in [1.165, 1.54) is 5.56 Å². The number of carbonyl (C=O) groups is 1. The Morgan fingerprint density at radius 3 is 2.59 bits per heavy atom. The van der Waals surface area contributed by atoms with Gasteiger partial charge in [-0.05, 0) is 80.3 Å². The van der Waals surface area contributed by atoms with E-state index in [9.17, 15) is 13.2 Å². The molecule has 2 saturated heterocycles. The molecule has 1 aromatic carbocycles. The van der Waals surface area contributed by atoms with Crippen LogP contribution in [0.15, 0.2) is 47.5 Å². The van der Waals surface area contributed by atoms with E-state index in [1.807, 2.05) is 45.8 Å². The Labute approximate surface area is 199 Å². The van der Waals surface area contributed by atoms with Crippen LogP contribution in [-0.4, -0.2) is 57.8 Å². The predicted octanol–water partition coefficient (Wildman–Crippen LogP) is 2.98. The van der Waals surface area contributed by atoms with Gasteiger partial charge in [0.1, 0.15) is 0 Å². The molecule has 4 heterocycles. The number of nitrogens with zero attached hydrogens (tertiary/aromatic N) is 5. The number of aromatic nitrogens is 3. The van der Waals surface area contributed by atoms with Gasteiger partial charge in [0.05, 0.1) is 10.9 Å². The highest BCUT2D eigenvalue weighted by Crippen LogP contribution is 2.35. The average Bonchev–Trinajstić information content (AvgIpc) is 3.62. The van der Waals surface area contributed by atoms with Crippen molar-refractivity contribution in [1.29, 1.82) is 0 Å². The van der Waals surface area contributed by atoms with Crippen LogP contribution in [0.4, 0.5) is 0 Å². The third kappa shape index (κ3) is 3.62. The zero-order chi connectivity index (χ0) is 23.3. The number of benzene rings is 1. The van der Waals surface area contributed by atoms with Gasteiger partial charge >= 0.3 is 0 Å². The second-order valence-corrected chi connectivity index (χ2v) is 11.6. The summed E-state index contributed by atoms with van der Waals surface area (Å²) in [5.74, 6) is 0.758. The summed E-state index contributed by atoms with van der Waals surface area (Å²) >= 11 is 0. The van der Waals surface area contributed by atoms with Crippen molar-refractivity contribution < 1.29 is 13.2 Å². The molecule has 3 aliphatic rings. The number of hydrogen-bond donors (Lipinski definition) is 0. The Morgan fingerprint density at radius 1 is 0.912 bits per heavy atom. The number of carbonyl (C=O) groups excluding carboxylic acids is 1. The molecule has 2 aromatic heterocycles. The topological polar surface area (TPSA) is 87.9 Å². The summed E-state index contributed by atoms with van der Waals surface area (Å²) in [6, 6.07) is 11.3. The van der Waals surface area contributed by atoms with Gasteiger partial charge in [-0.2, -0.15) is 4.31 Å². The number of aryl methyl sites for hydroxylation is 2. The molecule has 9 heteroatoms. The first-order valence-corrected chi connectivity index (χ1v) is 13.7. The molecule has 0 saturated carbocycles. The highest BCUT2D eigenvalue weighted by Gasteiger charge is 2.39. The van der Waals surface area contributed by atoms with Crippen LogP contribution >= 0.6 is 0 Å². The monoisotopic (exact) mass is 479 g/mol. The quantitative estimate of drug-likeness (QED) is 0.574. The van der Waals surface area contributed by atoms with Gasteiger partial charge in [-0.1, -0.05) is 12.1 Å². The Morgan fingerprint density at radius 2 is 1.74 bits per heavy atom. The van der Waals surface area contributed by atoms with Crippen molar-refractivity contribution in [3.05, 3.63) is 59.5 Å². The fourth-order valence-electron chi connectivity index (χ4n) is 5.82. The number of sulfonamides is 1. The van der Waals surface area contributed by atoms with Crippen molar-refractivity contribution in [2.45, 2.75) is 55.9 Å². The number of likely N-dealkylation sites (tertiary alicyclic amines) is 1. The van der Waals surface area contributed by atoms with Crippen LogP contribution in [0.5, 0.6) is 0 Å². The average molecular weight is 480 g/mol. The molecule has 6 rings (SSSR count). The van der Waals surface area contributed by atoms with Gasteiger partial charge in [0.15, 0.2) is 11.5 Å². The molecule has 0 N–H and O–H groups in total. The molecule has 1 aliphatic carbocycles. The zero-order valence-corrected chi connectivity index (χ0v) is 20.0. The van der Waals surface area contributed by atoms with Crippen LogP contribution in [0.25, 0.3) is 5.65 Å². The minimum Gasteiger partial charge on any atom is -0.332 e. The van der Waals surface area contributed by atoms with Crippen molar-refractivity contribution in [2.75, 3.05) is 19.6 Å². The number of amides is 1. The normalized spacial score (nSPS) is 21.9. The first-order valence-electron chi connectivity index (χ1n) is 12.2. The molecule has 8 nitrogen and oxygen atoms in total. The minimum absolute atomic E-state index is 0.0851. The van der Waals surface area contributed by atoms with Gasteiger partial charge in [0.25, 0.3) is 0 Å². The van der Waals surface area contributed by atoms with Gasteiger partial charge in [-0.15, -0.1) is 10.2 Å². The Bertz CT molecular complexity index is 1340. The van der Waals surface area contributed by atoms with Crippen molar-refractivity contribution in [3.8, 4) is 0 Å². The molecule has 1 atom stereocenters. The molecule has 34 heavy (non-hydrogen) atoms. The summed E-state index contributed by atoms with van der Waals surface area (Å²) < 4.78 is 30.0. The zero-order valence-electron chi connectivity index (χ0n) is 19.1. The lowest BCUT2D eigenvalue weighted by atomic mass is 9.96. The molecule has 2 fully saturated rings. The largest absolute Gasteiger partial charge is 0.332 e. The van der Waals surface area contributed by atoms with E-state index in [0.29, 0.717) is 37.4 Å². The van der Waals surface area contributed by atoms with E-state index in [0.717, 1.165) is 49.1 Å². The predicted molar refractivity (Wildman–Crippen MR) is 127 cm³/mol. The smallest absolute Gasteiger partial charge is 0.243 e. The fourth-order valence-corrected chi connectivity index (χ4v) is 7.34. The molecule has 0 bridgehead atoms. The standard InChI is InChI=1S/C25H29N5O3S/c31-25(29-14-4-7-22(29)24-27-26-23-8-1-2-13-30(23)24)19-11-15-28(16-12-19)34(32,33)21-10-9-18-5-3-6-20(18)17-21/h1-2,8-10,13,17,19,22H,3-7,11-12,14-16H2/t22-/m1/s1. The number of fused-ring (bicyclic) bond motifs is 2. The maximum Gasteiger partial charge on any atom is 0.243 e. The first kappa shape index (κ1) is 21.7. The molecular weight excluding hydrogens is 450 g/mol. The maximum absolute atomic E-state index is 13.5. The summed E-state index contributed by atoms with van der Waals surface area (Å²) in [6.07, 6.45) is 7.91. The number of pyridine rings is 1. The Hall–Kier alpha value is -2.78.